The van der Waals surface area contributed by atoms with Gasteiger partial charge in [-0.15, -0.1) is 0 Å². The SMILES string of the molecule is CNC(=O)c1c(-c2ccc(F)cc2)oc2ccc(-c3cc(C(=O)CC4(c5ncccn5)COC4)cc(F)c3C)c(F)c12. The zero-order valence-electron chi connectivity index (χ0n) is 22.6. The van der Waals surface area contributed by atoms with E-state index in [4.69, 9.17) is 9.15 Å². The summed E-state index contributed by atoms with van der Waals surface area (Å²) >= 11 is 0. The van der Waals surface area contributed by atoms with Crippen molar-refractivity contribution < 1.29 is 31.9 Å². The molecule has 1 aliphatic rings. The van der Waals surface area contributed by atoms with E-state index in [2.05, 4.69) is 15.3 Å². The van der Waals surface area contributed by atoms with Crippen LogP contribution in [-0.4, -0.2) is 41.9 Å². The molecular formula is C32H24F3N3O4. The van der Waals surface area contributed by atoms with Crippen LogP contribution in [0.2, 0.25) is 0 Å². The summed E-state index contributed by atoms with van der Waals surface area (Å²) in [6, 6.07) is 12.4. The predicted octanol–water partition coefficient (Wildman–Crippen LogP) is 6.18. The van der Waals surface area contributed by atoms with Crippen molar-refractivity contribution >= 4 is 22.7 Å². The maximum absolute atomic E-state index is 16.4. The number of benzene rings is 3. The molecule has 1 amide bonds. The Morgan fingerprint density at radius 3 is 2.33 bits per heavy atom. The monoisotopic (exact) mass is 571 g/mol. The third-order valence-electron chi connectivity index (χ3n) is 7.61. The Kier molecular flexibility index (Phi) is 6.86. The highest BCUT2D eigenvalue weighted by atomic mass is 19.1. The molecule has 1 fully saturated rings. The number of Topliss-reactive ketones (excluding diaryl/α,β-unsaturated/α-hetero) is 1. The van der Waals surface area contributed by atoms with E-state index in [1.165, 1.54) is 56.4 Å². The number of furan rings is 1. The molecule has 0 spiro atoms. The molecule has 0 aliphatic carbocycles. The highest BCUT2D eigenvalue weighted by Crippen LogP contribution is 2.40. The average molecular weight is 572 g/mol. The van der Waals surface area contributed by atoms with E-state index in [1.807, 2.05) is 0 Å². The normalized spacial score (nSPS) is 14.0. The Hall–Kier alpha value is -4.83. The van der Waals surface area contributed by atoms with E-state index in [-0.39, 0.29) is 70.0 Å². The van der Waals surface area contributed by atoms with Gasteiger partial charge in [0, 0.05) is 42.6 Å². The molecule has 212 valence electrons. The van der Waals surface area contributed by atoms with Gasteiger partial charge in [0.05, 0.1) is 29.6 Å². The Morgan fingerprint density at radius 1 is 0.976 bits per heavy atom. The van der Waals surface area contributed by atoms with Crippen LogP contribution in [0.4, 0.5) is 13.2 Å². The topological polar surface area (TPSA) is 94.3 Å². The van der Waals surface area contributed by atoms with Crippen LogP contribution in [-0.2, 0) is 10.2 Å². The molecule has 5 aromatic rings. The molecule has 0 atom stereocenters. The molecule has 0 radical (unpaired) electrons. The number of halogens is 3. The zero-order valence-corrected chi connectivity index (χ0v) is 22.6. The summed E-state index contributed by atoms with van der Waals surface area (Å²) in [5.41, 5.74) is -0.0495. The van der Waals surface area contributed by atoms with Crippen molar-refractivity contribution in [3.8, 4) is 22.5 Å². The van der Waals surface area contributed by atoms with Gasteiger partial charge in [-0.25, -0.2) is 23.1 Å². The number of aromatic nitrogens is 2. The lowest BCUT2D eigenvalue weighted by molar-refractivity contribution is -0.0644. The Bertz CT molecular complexity index is 1850. The molecule has 0 unspecified atom stereocenters. The largest absolute Gasteiger partial charge is 0.455 e. The van der Waals surface area contributed by atoms with Gasteiger partial charge in [0.25, 0.3) is 5.91 Å². The number of carbonyl (C=O) groups excluding carboxylic acids is 2. The molecule has 10 heteroatoms. The van der Waals surface area contributed by atoms with Crippen LogP contribution >= 0.6 is 0 Å². The minimum Gasteiger partial charge on any atom is -0.455 e. The summed E-state index contributed by atoms with van der Waals surface area (Å²) in [7, 11) is 1.40. The lowest BCUT2D eigenvalue weighted by Crippen LogP contribution is -2.49. The highest BCUT2D eigenvalue weighted by molar-refractivity contribution is 6.12. The van der Waals surface area contributed by atoms with E-state index >= 15 is 8.78 Å². The van der Waals surface area contributed by atoms with E-state index in [0.29, 0.717) is 11.4 Å². The first-order chi connectivity index (χ1) is 20.2. The third kappa shape index (κ3) is 4.53. The van der Waals surface area contributed by atoms with Crippen molar-refractivity contribution in [2.45, 2.75) is 18.8 Å². The molecule has 1 aliphatic heterocycles. The van der Waals surface area contributed by atoms with Crippen LogP contribution in [0.3, 0.4) is 0 Å². The highest BCUT2D eigenvalue weighted by Gasteiger charge is 2.45. The lowest BCUT2D eigenvalue weighted by atomic mass is 9.78. The minimum atomic E-state index is -0.822. The standard InChI is InChI=1S/C32H24F3N3O4/c1-17-22(12-19(13-23(17)34)24(39)14-32(15-41-16-32)31-37-10-3-11-38-31)21-8-9-25-26(28(21)35)27(30(40)36-2)29(42-25)18-4-6-20(33)7-5-18/h3-13H,14-16H2,1-2H3,(H,36,40). The molecule has 7 nitrogen and oxygen atoms in total. The van der Waals surface area contributed by atoms with E-state index in [1.54, 1.807) is 18.5 Å². The Balaban J connectivity index is 1.45. The number of amides is 1. The molecule has 1 saturated heterocycles. The summed E-state index contributed by atoms with van der Waals surface area (Å²) in [4.78, 5) is 35.0. The quantitative estimate of drug-likeness (QED) is 0.235. The van der Waals surface area contributed by atoms with Gasteiger partial charge in [0.2, 0.25) is 0 Å². The fourth-order valence-corrected chi connectivity index (χ4v) is 5.27. The van der Waals surface area contributed by atoms with Crippen molar-refractivity contribution in [1.29, 1.82) is 0 Å². The second-order valence-corrected chi connectivity index (χ2v) is 10.3. The number of nitrogens with one attached hydrogen (secondary N) is 1. The van der Waals surface area contributed by atoms with Crippen LogP contribution < -0.4 is 5.32 Å². The van der Waals surface area contributed by atoms with Crippen LogP contribution in [0.1, 0.15) is 38.5 Å². The molecule has 1 N–H and O–H groups in total. The first kappa shape index (κ1) is 27.3. The summed E-state index contributed by atoms with van der Waals surface area (Å²) in [6.45, 7) is 1.98. The van der Waals surface area contributed by atoms with Gasteiger partial charge in [-0.2, -0.15) is 0 Å². The number of hydrogen-bond acceptors (Lipinski definition) is 6. The molecule has 0 bridgehead atoms. The van der Waals surface area contributed by atoms with Gasteiger partial charge in [-0.1, -0.05) is 0 Å². The second kappa shape index (κ2) is 10.5. The average Bonchev–Trinajstić information content (AvgIpc) is 3.37. The maximum Gasteiger partial charge on any atom is 0.255 e. The molecule has 6 rings (SSSR count). The number of carbonyl (C=O) groups is 2. The van der Waals surface area contributed by atoms with Gasteiger partial charge in [0.15, 0.2) is 5.78 Å². The van der Waals surface area contributed by atoms with Crippen molar-refractivity contribution in [2.24, 2.45) is 0 Å². The summed E-state index contributed by atoms with van der Waals surface area (Å²) in [5.74, 6) is -2.46. The van der Waals surface area contributed by atoms with Gasteiger partial charge in [-0.3, -0.25) is 9.59 Å². The number of nitrogens with zero attached hydrogens (tertiary/aromatic N) is 2. The van der Waals surface area contributed by atoms with E-state index in [0.717, 1.165) is 6.07 Å². The van der Waals surface area contributed by atoms with Gasteiger partial charge < -0.3 is 14.5 Å². The first-order valence-corrected chi connectivity index (χ1v) is 13.1. The Labute approximate surface area is 238 Å². The number of fused-ring (bicyclic) bond motifs is 1. The van der Waals surface area contributed by atoms with Gasteiger partial charge in [0.1, 0.15) is 34.6 Å². The van der Waals surface area contributed by atoms with Crippen LogP contribution in [0.5, 0.6) is 0 Å². The van der Waals surface area contributed by atoms with Crippen LogP contribution in [0.15, 0.2) is 71.4 Å². The molecule has 3 aromatic carbocycles. The molecular weight excluding hydrogens is 547 g/mol. The van der Waals surface area contributed by atoms with Crippen LogP contribution in [0.25, 0.3) is 33.4 Å². The first-order valence-electron chi connectivity index (χ1n) is 13.1. The fraction of sp³-hybridized carbons (Fsp3) is 0.188. The predicted molar refractivity (Wildman–Crippen MR) is 149 cm³/mol. The summed E-state index contributed by atoms with van der Waals surface area (Å²) < 4.78 is 56.5. The minimum absolute atomic E-state index is 0.0155. The molecule has 3 heterocycles. The van der Waals surface area contributed by atoms with Crippen molar-refractivity contribution in [1.82, 2.24) is 15.3 Å². The van der Waals surface area contributed by atoms with Gasteiger partial charge >= 0.3 is 0 Å². The molecule has 2 aromatic heterocycles. The molecule has 42 heavy (non-hydrogen) atoms. The number of ether oxygens (including phenoxy) is 1. The second-order valence-electron chi connectivity index (χ2n) is 10.3. The van der Waals surface area contributed by atoms with Crippen molar-refractivity contribution in [3.05, 3.63) is 107 Å². The van der Waals surface area contributed by atoms with Crippen LogP contribution in [0, 0.1) is 24.4 Å². The Morgan fingerprint density at radius 2 is 1.69 bits per heavy atom. The third-order valence-corrected chi connectivity index (χ3v) is 7.61. The summed E-state index contributed by atoms with van der Waals surface area (Å²) in [5, 5.41) is 2.38. The lowest BCUT2D eigenvalue weighted by Gasteiger charge is -2.39. The zero-order chi connectivity index (χ0) is 29.6. The summed E-state index contributed by atoms with van der Waals surface area (Å²) in [6.07, 6.45) is 3.14. The number of ketones is 1. The number of hydrogen-bond donors (Lipinski definition) is 1. The number of rotatable bonds is 7. The van der Waals surface area contributed by atoms with Crippen molar-refractivity contribution in [3.63, 3.8) is 0 Å². The fourth-order valence-electron chi connectivity index (χ4n) is 5.27. The van der Waals surface area contributed by atoms with Crippen molar-refractivity contribution in [2.75, 3.05) is 20.3 Å². The maximum atomic E-state index is 16.4. The van der Waals surface area contributed by atoms with E-state index in [9.17, 15) is 14.0 Å². The smallest absolute Gasteiger partial charge is 0.255 e. The molecule has 0 saturated carbocycles. The van der Waals surface area contributed by atoms with E-state index < -0.39 is 28.8 Å². The van der Waals surface area contributed by atoms with Gasteiger partial charge in [-0.05, 0) is 72.6 Å².